The number of nitrogens with two attached hydrogens (primary N) is 1. The van der Waals surface area contributed by atoms with Gasteiger partial charge >= 0.3 is 0 Å². The molecule has 2 nitrogen and oxygen atoms in total. The summed E-state index contributed by atoms with van der Waals surface area (Å²) < 4.78 is 0. The second-order valence-electron chi connectivity index (χ2n) is 4.67. The zero-order chi connectivity index (χ0) is 10.4. The smallest absolute Gasteiger partial charge is 0.129 e. The Morgan fingerprint density at radius 2 is 2.07 bits per heavy atom. The molecule has 2 rings (SSSR count). The first-order chi connectivity index (χ1) is 6.46. The number of hydrogen-bond acceptors (Lipinski definition) is 2. The largest absolute Gasteiger partial charge is 0.325 e. The van der Waals surface area contributed by atoms with E-state index in [9.17, 15) is 0 Å². The summed E-state index contributed by atoms with van der Waals surface area (Å²) in [5.74, 6) is 0. The Labute approximate surface area is 89.5 Å². The van der Waals surface area contributed by atoms with Crippen LogP contribution in [0.15, 0.2) is 18.3 Å². The fourth-order valence-electron chi connectivity index (χ4n) is 2.09. The van der Waals surface area contributed by atoms with Crippen LogP contribution in [0.4, 0.5) is 0 Å². The van der Waals surface area contributed by atoms with Gasteiger partial charge in [-0.3, -0.25) is 0 Å². The molecule has 3 heteroatoms. The first-order valence-electron chi connectivity index (χ1n) is 4.87. The van der Waals surface area contributed by atoms with E-state index in [2.05, 4.69) is 18.8 Å². The van der Waals surface area contributed by atoms with Gasteiger partial charge in [0.15, 0.2) is 0 Å². The van der Waals surface area contributed by atoms with Gasteiger partial charge in [-0.2, -0.15) is 0 Å². The molecular formula is C11H15ClN2. The molecule has 0 bridgehead atoms. The highest BCUT2D eigenvalue weighted by molar-refractivity contribution is 6.29. The van der Waals surface area contributed by atoms with Gasteiger partial charge in [0.2, 0.25) is 0 Å². The molecule has 1 fully saturated rings. The van der Waals surface area contributed by atoms with E-state index in [1.807, 2.05) is 18.3 Å². The summed E-state index contributed by atoms with van der Waals surface area (Å²) in [6.45, 7) is 4.16. The maximum Gasteiger partial charge on any atom is 0.129 e. The molecule has 1 aliphatic rings. The van der Waals surface area contributed by atoms with Crippen molar-refractivity contribution < 1.29 is 0 Å². The van der Waals surface area contributed by atoms with Crippen LogP contribution in [0.2, 0.25) is 5.15 Å². The number of rotatable bonds is 2. The highest BCUT2D eigenvalue weighted by atomic mass is 35.5. The average molecular weight is 211 g/mol. The lowest BCUT2D eigenvalue weighted by atomic mass is 9.80. The first-order valence-corrected chi connectivity index (χ1v) is 5.24. The molecule has 0 aliphatic heterocycles. The Balaban J connectivity index is 2.36. The van der Waals surface area contributed by atoms with E-state index in [1.165, 1.54) is 5.56 Å². The molecule has 1 aliphatic carbocycles. The van der Waals surface area contributed by atoms with Crippen LogP contribution in [0.1, 0.15) is 32.3 Å². The molecule has 1 aromatic heterocycles. The van der Waals surface area contributed by atoms with Crippen LogP contribution >= 0.6 is 11.6 Å². The van der Waals surface area contributed by atoms with E-state index in [4.69, 9.17) is 17.3 Å². The molecule has 0 spiro atoms. The van der Waals surface area contributed by atoms with E-state index < -0.39 is 0 Å². The minimum absolute atomic E-state index is 0.130. The van der Waals surface area contributed by atoms with Crippen LogP contribution in [-0.4, -0.2) is 10.5 Å². The summed E-state index contributed by atoms with van der Waals surface area (Å²) >= 11 is 5.75. The fourth-order valence-corrected chi connectivity index (χ4v) is 2.20. The Kier molecular flexibility index (Phi) is 2.09. The van der Waals surface area contributed by atoms with Gasteiger partial charge in [0.25, 0.3) is 0 Å². The second-order valence-corrected chi connectivity index (χ2v) is 5.06. The molecule has 0 aromatic carbocycles. The van der Waals surface area contributed by atoms with Crippen LogP contribution in [-0.2, 0) is 5.41 Å². The SMILES string of the molecule is CC(C)(N)C1(c2ccc(Cl)nc2)CC1. The van der Waals surface area contributed by atoms with Gasteiger partial charge in [-0.1, -0.05) is 17.7 Å². The monoisotopic (exact) mass is 210 g/mol. The molecule has 0 atom stereocenters. The quantitative estimate of drug-likeness (QED) is 0.762. The predicted octanol–water partition coefficient (Wildman–Crippen LogP) is 2.50. The van der Waals surface area contributed by atoms with Gasteiger partial charge in [0, 0.05) is 17.2 Å². The van der Waals surface area contributed by atoms with Crippen molar-refractivity contribution >= 4 is 11.6 Å². The molecule has 1 heterocycles. The molecule has 14 heavy (non-hydrogen) atoms. The highest BCUT2D eigenvalue weighted by Crippen LogP contribution is 2.54. The predicted molar refractivity (Wildman–Crippen MR) is 58.4 cm³/mol. The number of hydrogen-bond donors (Lipinski definition) is 1. The van der Waals surface area contributed by atoms with Crippen molar-refractivity contribution in [3.63, 3.8) is 0 Å². The molecule has 0 saturated heterocycles. The van der Waals surface area contributed by atoms with Crippen molar-refractivity contribution in [2.75, 3.05) is 0 Å². The van der Waals surface area contributed by atoms with E-state index in [0.29, 0.717) is 5.15 Å². The molecule has 2 N–H and O–H groups in total. The topological polar surface area (TPSA) is 38.9 Å². The third-order valence-electron chi connectivity index (χ3n) is 3.26. The van der Waals surface area contributed by atoms with Gasteiger partial charge < -0.3 is 5.73 Å². The van der Waals surface area contributed by atoms with Crippen molar-refractivity contribution in [2.24, 2.45) is 5.73 Å². The summed E-state index contributed by atoms with van der Waals surface area (Å²) in [5.41, 5.74) is 7.35. The van der Waals surface area contributed by atoms with Crippen molar-refractivity contribution in [3.05, 3.63) is 29.0 Å². The average Bonchev–Trinajstić information content (AvgIpc) is 2.84. The van der Waals surface area contributed by atoms with Crippen molar-refractivity contribution in [3.8, 4) is 0 Å². The Morgan fingerprint density at radius 3 is 2.43 bits per heavy atom. The van der Waals surface area contributed by atoms with Crippen molar-refractivity contribution in [1.82, 2.24) is 4.98 Å². The third kappa shape index (κ3) is 1.43. The lowest BCUT2D eigenvalue weighted by molar-refractivity contribution is 0.391. The van der Waals surface area contributed by atoms with Gasteiger partial charge in [-0.05, 0) is 38.3 Å². The zero-order valence-corrected chi connectivity index (χ0v) is 9.30. The Hall–Kier alpha value is -0.600. The number of halogens is 1. The molecule has 0 amide bonds. The highest BCUT2D eigenvalue weighted by Gasteiger charge is 2.53. The van der Waals surface area contributed by atoms with Gasteiger partial charge in [0.1, 0.15) is 5.15 Å². The van der Waals surface area contributed by atoms with Crippen LogP contribution < -0.4 is 5.73 Å². The van der Waals surface area contributed by atoms with E-state index in [-0.39, 0.29) is 11.0 Å². The molecule has 0 unspecified atom stereocenters. The number of nitrogens with zero attached hydrogens (tertiary/aromatic N) is 1. The van der Waals surface area contributed by atoms with Crippen molar-refractivity contribution in [2.45, 2.75) is 37.6 Å². The van der Waals surface area contributed by atoms with E-state index in [1.54, 1.807) is 0 Å². The van der Waals surface area contributed by atoms with Crippen LogP contribution in [0.5, 0.6) is 0 Å². The minimum Gasteiger partial charge on any atom is -0.325 e. The maximum absolute atomic E-state index is 6.19. The van der Waals surface area contributed by atoms with Crippen LogP contribution in [0.3, 0.4) is 0 Å². The molecular weight excluding hydrogens is 196 g/mol. The lowest BCUT2D eigenvalue weighted by Crippen LogP contribution is -2.45. The number of aromatic nitrogens is 1. The van der Waals surface area contributed by atoms with E-state index >= 15 is 0 Å². The van der Waals surface area contributed by atoms with Crippen LogP contribution in [0.25, 0.3) is 0 Å². The summed E-state index contributed by atoms with van der Waals surface area (Å²) in [4.78, 5) is 4.11. The number of pyridine rings is 1. The van der Waals surface area contributed by atoms with Crippen molar-refractivity contribution in [1.29, 1.82) is 0 Å². The summed E-state index contributed by atoms with van der Waals surface area (Å²) in [6.07, 6.45) is 4.16. The third-order valence-corrected chi connectivity index (χ3v) is 3.49. The van der Waals surface area contributed by atoms with Crippen LogP contribution in [0, 0.1) is 0 Å². The standard InChI is InChI=1S/C11H15ClN2/c1-10(2,13)11(5-6-11)8-3-4-9(12)14-7-8/h3-4,7H,5-6,13H2,1-2H3. The first kappa shape index (κ1) is 9.94. The molecule has 1 aromatic rings. The molecule has 76 valence electrons. The molecule has 0 radical (unpaired) electrons. The van der Waals surface area contributed by atoms with Gasteiger partial charge in [-0.15, -0.1) is 0 Å². The Bertz CT molecular complexity index is 333. The van der Waals surface area contributed by atoms with Gasteiger partial charge in [0.05, 0.1) is 0 Å². The zero-order valence-electron chi connectivity index (χ0n) is 8.55. The normalized spacial score (nSPS) is 19.4. The second kappa shape index (κ2) is 2.94. The summed E-state index contributed by atoms with van der Waals surface area (Å²) in [7, 11) is 0. The lowest BCUT2D eigenvalue weighted by Gasteiger charge is -2.30. The fraction of sp³-hybridized carbons (Fsp3) is 0.545. The summed E-state index contributed by atoms with van der Waals surface area (Å²) in [6, 6.07) is 3.87. The van der Waals surface area contributed by atoms with E-state index in [0.717, 1.165) is 12.8 Å². The maximum atomic E-state index is 6.19. The summed E-state index contributed by atoms with van der Waals surface area (Å²) in [5, 5.41) is 0.541. The Morgan fingerprint density at radius 1 is 1.43 bits per heavy atom. The molecule has 1 saturated carbocycles. The minimum atomic E-state index is -0.178. The van der Waals surface area contributed by atoms with Gasteiger partial charge in [-0.25, -0.2) is 4.98 Å².